The zero-order chi connectivity index (χ0) is 18.2. The maximum absolute atomic E-state index is 12.5. The molecular weight excluding hydrogens is 327 g/mol. The third-order valence-corrected chi connectivity index (χ3v) is 2.99. The molecule has 1 rings (SSSR count). The number of methoxy groups -OCH3 is 1. The Bertz CT molecular complexity index is 547. The van der Waals surface area contributed by atoms with E-state index in [0.29, 0.717) is 12.2 Å². The van der Waals surface area contributed by atoms with E-state index in [1.807, 2.05) is 0 Å². The first-order valence-corrected chi connectivity index (χ1v) is 7.13. The Morgan fingerprint density at radius 2 is 1.83 bits per heavy atom. The normalized spacial score (nSPS) is 11.4. The fraction of sp³-hybridized carbons (Fsp3) is 0.467. The van der Waals surface area contributed by atoms with E-state index in [1.165, 1.54) is 19.2 Å². The molecule has 1 aromatic carbocycles. The molecule has 0 aliphatic carbocycles. The maximum Gasteiger partial charge on any atom is 0.416 e. The molecule has 3 amide bonds. The Kier molecular flexibility index (Phi) is 7.66. The summed E-state index contributed by atoms with van der Waals surface area (Å²) in [5.74, 6) is -0.515. The number of hydrogen-bond donors (Lipinski definition) is 2. The third kappa shape index (κ3) is 7.42. The Morgan fingerprint density at radius 3 is 2.38 bits per heavy atom. The van der Waals surface area contributed by atoms with E-state index in [9.17, 15) is 22.8 Å². The fourth-order valence-corrected chi connectivity index (χ4v) is 1.89. The molecule has 0 radical (unpaired) electrons. The first-order valence-electron chi connectivity index (χ1n) is 7.13. The highest BCUT2D eigenvalue weighted by Crippen LogP contribution is 2.29. The number of amides is 3. The molecule has 0 aromatic heterocycles. The lowest BCUT2D eigenvalue weighted by Crippen LogP contribution is -2.44. The molecular formula is C15H20F3N3O3. The number of alkyl halides is 3. The van der Waals surface area contributed by atoms with E-state index in [-0.39, 0.29) is 19.6 Å². The number of nitrogens with one attached hydrogen (secondary N) is 2. The van der Waals surface area contributed by atoms with Crippen LogP contribution in [0, 0.1) is 0 Å². The zero-order valence-corrected chi connectivity index (χ0v) is 13.4. The van der Waals surface area contributed by atoms with E-state index in [1.54, 1.807) is 11.9 Å². The van der Waals surface area contributed by atoms with E-state index in [4.69, 9.17) is 4.74 Å². The van der Waals surface area contributed by atoms with Crippen molar-refractivity contribution in [1.82, 2.24) is 15.5 Å². The molecule has 2 N–H and O–H groups in total. The van der Waals surface area contributed by atoms with Crippen LogP contribution in [0.4, 0.5) is 18.0 Å². The summed E-state index contributed by atoms with van der Waals surface area (Å²) in [5.41, 5.74) is -0.0952. The second kappa shape index (κ2) is 9.24. The van der Waals surface area contributed by atoms with Crippen LogP contribution in [0.2, 0.25) is 0 Å². The number of rotatable bonds is 7. The van der Waals surface area contributed by atoms with E-state index < -0.39 is 23.7 Å². The van der Waals surface area contributed by atoms with Gasteiger partial charge in [-0.1, -0.05) is 12.1 Å². The number of halogens is 3. The molecule has 0 saturated carbocycles. The average molecular weight is 347 g/mol. The second-order valence-electron chi connectivity index (χ2n) is 5.16. The quantitative estimate of drug-likeness (QED) is 0.735. The number of urea groups is 1. The summed E-state index contributed by atoms with van der Waals surface area (Å²) >= 11 is 0. The fourth-order valence-electron chi connectivity index (χ4n) is 1.89. The number of nitrogens with zero attached hydrogens (tertiary/aromatic N) is 1. The van der Waals surface area contributed by atoms with Crippen LogP contribution in [0.15, 0.2) is 24.3 Å². The SMILES string of the molecule is COCCNC(=O)NC(=O)CN(C)Cc1ccc(C(F)(F)F)cc1. The summed E-state index contributed by atoms with van der Waals surface area (Å²) in [6.45, 7) is 0.808. The van der Waals surface area contributed by atoms with Gasteiger partial charge in [0.15, 0.2) is 0 Å². The minimum atomic E-state index is -4.37. The van der Waals surface area contributed by atoms with Gasteiger partial charge in [0.2, 0.25) is 5.91 Å². The Morgan fingerprint density at radius 1 is 1.21 bits per heavy atom. The van der Waals surface area contributed by atoms with E-state index >= 15 is 0 Å². The molecule has 6 nitrogen and oxygen atoms in total. The minimum Gasteiger partial charge on any atom is -0.383 e. The number of imide groups is 1. The van der Waals surface area contributed by atoms with Crippen LogP contribution >= 0.6 is 0 Å². The van der Waals surface area contributed by atoms with Crippen molar-refractivity contribution in [3.8, 4) is 0 Å². The van der Waals surface area contributed by atoms with Gasteiger partial charge in [-0.15, -0.1) is 0 Å². The zero-order valence-electron chi connectivity index (χ0n) is 13.4. The summed E-state index contributed by atoms with van der Waals surface area (Å²) in [4.78, 5) is 24.6. The molecule has 0 unspecified atom stereocenters. The summed E-state index contributed by atoms with van der Waals surface area (Å²) in [6, 6.07) is 4.07. The smallest absolute Gasteiger partial charge is 0.383 e. The molecule has 24 heavy (non-hydrogen) atoms. The van der Waals surface area contributed by atoms with Gasteiger partial charge >= 0.3 is 12.2 Å². The van der Waals surface area contributed by atoms with E-state index in [2.05, 4.69) is 10.6 Å². The number of ether oxygens (including phenoxy) is 1. The largest absolute Gasteiger partial charge is 0.416 e. The van der Waals surface area contributed by atoms with Crippen molar-refractivity contribution in [2.24, 2.45) is 0 Å². The minimum absolute atomic E-state index is 0.0707. The number of likely N-dealkylation sites (N-methyl/N-ethyl adjacent to an activating group) is 1. The highest BCUT2D eigenvalue weighted by Gasteiger charge is 2.29. The second-order valence-corrected chi connectivity index (χ2v) is 5.16. The molecule has 0 bridgehead atoms. The third-order valence-electron chi connectivity index (χ3n) is 2.99. The van der Waals surface area contributed by atoms with Crippen molar-refractivity contribution in [1.29, 1.82) is 0 Å². The molecule has 0 spiro atoms. The van der Waals surface area contributed by atoms with Gasteiger partial charge in [0, 0.05) is 20.2 Å². The molecule has 0 aliphatic rings. The van der Waals surface area contributed by atoms with Crippen molar-refractivity contribution >= 4 is 11.9 Å². The van der Waals surface area contributed by atoms with Gasteiger partial charge in [-0.2, -0.15) is 13.2 Å². The molecule has 0 saturated heterocycles. The monoisotopic (exact) mass is 347 g/mol. The first kappa shape index (κ1) is 19.9. The van der Waals surface area contributed by atoms with Crippen molar-refractivity contribution < 1.29 is 27.5 Å². The van der Waals surface area contributed by atoms with Crippen LogP contribution in [-0.4, -0.2) is 50.7 Å². The lowest BCUT2D eigenvalue weighted by atomic mass is 10.1. The van der Waals surface area contributed by atoms with Crippen molar-refractivity contribution in [3.05, 3.63) is 35.4 Å². The van der Waals surface area contributed by atoms with Gasteiger partial charge in [0.25, 0.3) is 0 Å². The molecule has 1 aromatic rings. The van der Waals surface area contributed by atoms with Crippen LogP contribution in [0.1, 0.15) is 11.1 Å². The molecule has 0 fully saturated rings. The standard InChI is InChI=1S/C15H20F3N3O3/c1-21(10-13(22)20-14(23)19-7-8-24-2)9-11-3-5-12(6-4-11)15(16,17)18/h3-6H,7-10H2,1-2H3,(H2,19,20,22,23). The lowest BCUT2D eigenvalue weighted by molar-refractivity contribution is -0.137. The summed E-state index contributed by atoms with van der Waals surface area (Å²) < 4.78 is 42.2. The summed E-state index contributed by atoms with van der Waals surface area (Å²) in [7, 11) is 3.11. The summed E-state index contributed by atoms with van der Waals surface area (Å²) in [5, 5.41) is 4.59. The van der Waals surface area contributed by atoms with Gasteiger partial charge in [0.1, 0.15) is 0 Å². The van der Waals surface area contributed by atoms with Gasteiger partial charge < -0.3 is 10.1 Å². The molecule has 134 valence electrons. The van der Waals surface area contributed by atoms with Crippen LogP contribution < -0.4 is 10.6 Å². The highest BCUT2D eigenvalue weighted by atomic mass is 19.4. The lowest BCUT2D eigenvalue weighted by Gasteiger charge is -2.16. The Balaban J connectivity index is 2.41. The number of hydrogen-bond acceptors (Lipinski definition) is 4. The van der Waals surface area contributed by atoms with Gasteiger partial charge in [-0.3, -0.25) is 15.0 Å². The van der Waals surface area contributed by atoms with Crippen LogP contribution in [0.5, 0.6) is 0 Å². The first-order chi connectivity index (χ1) is 11.2. The van der Waals surface area contributed by atoms with Crippen LogP contribution in [-0.2, 0) is 22.3 Å². The maximum atomic E-state index is 12.5. The topological polar surface area (TPSA) is 70.7 Å². The molecule has 0 atom stereocenters. The molecule has 9 heteroatoms. The average Bonchev–Trinajstić information content (AvgIpc) is 2.46. The van der Waals surface area contributed by atoms with E-state index in [0.717, 1.165) is 12.1 Å². The number of carbonyl (C=O) groups excluding carboxylic acids is 2. The summed E-state index contributed by atoms with van der Waals surface area (Å²) in [6.07, 6.45) is -4.37. The number of benzene rings is 1. The van der Waals surface area contributed by atoms with Gasteiger partial charge in [0.05, 0.1) is 18.7 Å². The highest BCUT2D eigenvalue weighted by molar-refractivity contribution is 5.95. The van der Waals surface area contributed by atoms with Crippen LogP contribution in [0.3, 0.4) is 0 Å². The van der Waals surface area contributed by atoms with Crippen molar-refractivity contribution in [3.63, 3.8) is 0 Å². The van der Waals surface area contributed by atoms with Crippen LogP contribution in [0.25, 0.3) is 0 Å². The molecule has 0 aliphatic heterocycles. The van der Waals surface area contributed by atoms with Crippen molar-refractivity contribution in [2.45, 2.75) is 12.7 Å². The molecule has 0 heterocycles. The Hall–Kier alpha value is -2.13. The predicted octanol–water partition coefficient (Wildman–Crippen LogP) is 1.61. The van der Waals surface area contributed by atoms with Crippen molar-refractivity contribution in [2.75, 3.05) is 33.9 Å². The van der Waals surface area contributed by atoms with Gasteiger partial charge in [-0.25, -0.2) is 4.79 Å². The number of carbonyl (C=O) groups is 2. The van der Waals surface area contributed by atoms with Gasteiger partial charge in [-0.05, 0) is 24.7 Å². The predicted molar refractivity (Wildman–Crippen MR) is 81.2 cm³/mol. The Labute approximate surface area is 138 Å².